The number of aryl methyl sites for hydroxylation is 1. The van der Waals surface area contributed by atoms with E-state index in [9.17, 15) is 13.2 Å². The number of nitrogens with one attached hydrogen (secondary N) is 1. The van der Waals surface area contributed by atoms with Gasteiger partial charge in [-0.1, -0.05) is 30.3 Å². The normalized spacial score (nSPS) is 14.4. The van der Waals surface area contributed by atoms with Crippen LogP contribution in [0.5, 0.6) is 5.75 Å². The maximum Gasteiger partial charge on any atom is 0.267 e. The van der Waals surface area contributed by atoms with E-state index >= 15 is 0 Å². The number of hydrogen-bond donors (Lipinski definition) is 1. The van der Waals surface area contributed by atoms with E-state index in [1.807, 2.05) is 30.3 Å². The molecule has 1 aliphatic rings. The van der Waals surface area contributed by atoms with Crippen molar-refractivity contribution in [3.63, 3.8) is 0 Å². The first kappa shape index (κ1) is 22.4. The molecule has 1 saturated heterocycles. The Hall–Kier alpha value is -2.75. The fraction of sp³-hybridized carbons (Fsp3) is 0.304. The van der Waals surface area contributed by atoms with Gasteiger partial charge in [0, 0.05) is 24.3 Å². The average molecular weight is 472 g/mol. The van der Waals surface area contributed by atoms with Gasteiger partial charge in [-0.05, 0) is 44.9 Å². The van der Waals surface area contributed by atoms with Crippen LogP contribution in [0, 0.1) is 6.92 Å². The summed E-state index contributed by atoms with van der Waals surface area (Å²) < 4.78 is 33.4. The van der Waals surface area contributed by atoms with Crippen LogP contribution in [0.3, 0.4) is 0 Å². The van der Waals surface area contributed by atoms with Crippen LogP contribution in [-0.2, 0) is 10.0 Å². The lowest BCUT2D eigenvalue weighted by Crippen LogP contribution is -2.28. The molecule has 2 heterocycles. The topological polar surface area (TPSA) is 88.6 Å². The highest BCUT2D eigenvalue weighted by molar-refractivity contribution is 7.89. The number of sulfonamides is 1. The van der Waals surface area contributed by atoms with Crippen LogP contribution in [0.4, 0.5) is 5.69 Å². The summed E-state index contributed by atoms with van der Waals surface area (Å²) in [5, 5.41) is 3.59. The van der Waals surface area contributed by atoms with E-state index in [0.717, 1.165) is 23.4 Å². The van der Waals surface area contributed by atoms with Crippen molar-refractivity contribution in [1.29, 1.82) is 0 Å². The minimum atomic E-state index is -3.71. The summed E-state index contributed by atoms with van der Waals surface area (Å²) in [4.78, 5) is 18.1. The summed E-state index contributed by atoms with van der Waals surface area (Å²) in [6.45, 7) is 4.92. The van der Waals surface area contributed by atoms with E-state index in [-0.39, 0.29) is 16.6 Å². The molecule has 1 amide bonds. The second-order valence-corrected chi connectivity index (χ2v) is 10.4. The van der Waals surface area contributed by atoms with Crippen LogP contribution in [0.15, 0.2) is 53.4 Å². The van der Waals surface area contributed by atoms with Crippen LogP contribution < -0.4 is 10.1 Å². The van der Waals surface area contributed by atoms with Crippen molar-refractivity contribution in [3.05, 3.63) is 59.1 Å². The molecule has 0 radical (unpaired) electrons. The molecule has 0 aliphatic carbocycles. The van der Waals surface area contributed by atoms with E-state index in [0.29, 0.717) is 36.0 Å². The van der Waals surface area contributed by atoms with Crippen molar-refractivity contribution in [1.82, 2.24) is 9.29 Å². The first-order valence-corrected chi connectivity index (χ1v) is 12.8. The highest BCUT2D eigenvalue weighted by Crippen LogP contribution is 2.33. The van der Waals surface area contributed by atoms with Crippen LogP contribution in [-0.4, -0.2) is 43.3 Å². The molecule has 0 atom stereocenters. The molecule has 1 aromatic heterocycles. The van der Waals surface area contributed by atoms with Crippen LogP contribution >= 0.6 is 11.3 Å². The standard InChI is InChI=1S/C23H25N3O4S2/c1-3-30-19-12-11-18(15-20(19)32(28,29)26-13-7-8-14-26)25-22(27)21-16(2)24-23(31-21)17-9-5-4-6-10-17/h4-6,9-12,15H,3,7-8,13-14H2,1-2H3,(H,25,27). The Morgan fingerprint density at radius 3 is 2.56 bits per heavy atom. The fourth-order valence-electron chi connectivity index (χ4n) is 3.63. The smallest absolute Gasteiger partial charge is 0.267 e. The number of nitrogens with zero attached hydrogens (tertiary/aromatic N) is 2. The minimum Gasteiger partial charge on any atom is -0.492 e. The first-order valence-electron chi connectivity index (χ1n) is 10.5. The maximum absolute atomic E-state index is 13.2. The van der Waals surface area contributed by atoms with Crippen LogP contribution in [0.25, 0.3) is 10.6 Å². The number of benzene rings is 2. The molecule has 32 heavy (non-hydrogen) atoms. The van der Waals surface area contributed by atoms with Gasteiger partial charge in [-0.2, -0.15) is 4.31 Å². The Labute approximate surface area is 192 Å². The number of rotatable bonds is 7. The second-order valence-electron chi connectivity index (χ2n) is 7.46. The number of aromatic nitrogens is 1. The zero-order valence-electron chi connectivity index (χ0n) is 18.0. The van der Waals surface area contributed by atoms with Crippen LogP contribution in [0.2, 0.25) is 0 Å². The number of carbonyl (C=O) groups is 1. The Bertz CT molecular complexity index is 1220. The first-order chi connectivity index (χ1) is 15.4. The zero-order valence-corrected chi connectivity index (χ0v) is 19.6. The van der Waals surface area contributed by atoms with Gasteiger partial charge in [-0.15, -0.1) is 11.3 Å². The Morgan fingerprint density at radius 1 is 1.16 bits per heavy atom. The van der Waals surface area contributed by atoms with Crippen molar-refractivity contribution < 1.29 is 17.9 Å². The molecule has 168 valence electrons. The quantitative estimate of drug-likeness (QED) is 0.546. The highest BCUT2D eigenvalue weighted by Gasteiger charge is 2.30. The summed E-state index contributed by atoms with van der Waals surface area (Å²) in [5.74, 6) is -0.0337. The molecular weight excluding hydrogens is 446 g/mol. The second kappa shape index (κ2) is 9.40. The summed E-state index contributed by atoms with van der Waals surface area (Å²) in [7, 11) is -3.71. The predicted molar refractivity (Wildman–Crippen MR) is 126 cm³/mol. The molecule has 0 bridgehead atoms. The number of ether oxygens (including phenoxy) is 1. The number of hydrogen-bond acceptors (Lipinski definition) is 6. The Kier molecular flexibility index (Phi) is 6.59. The van der Waals surface area contributed by atoms with Crippen molar-refractivity contribution in [3.8, 4) is 16.3 Å². The van der Waals surface area contributed by atoms with Gasteiger partial charge < -0.3 is 10.1 Å². The maximum atomic E-state index is 13.2. The number of anilines is 1. The molecule has 2 aromatic carbocycles. The number of thiazole rings is 1. The molecule has 1 aliphatic heterocycles. The van der Waals surface area contributed by atoms with Gasteiger partial charge in [-0.25, -0.2) is 13.4 Å². The highest BCUT2D eigenvalue weighted by atomic mass is 32.2. The number of carbonyl (C=O) groups excluding carboxylic acids is 1. The molecular formula is C23H25N3O4S2. The molecule has 0 saturated carbocycles. The zero-order chi connectivity index (χ0) is 22.7. The van der Waals surface area contributed by atoms with Crippen molar-refractivity contribution in [2.24, 2.45) is 0 Å². The predicted octanol–water partition coefficient (Wildman–Crippen LogP) is 4.55. The molecule has 0 unspecified atom stereocenters. The van der Waals surface area contributed by atoms with E-state index in [1.54, 1.807) is 26.0 Å². The Balaban J connectivity index is 1.62. The van der Waals surface area contributed by atoms with Gasteiger partial charge in [0.25, 0.3) is 5.91 Å². The third-order valence-electron chi connectivity index (χ3n) is 5.21. The van der Waals surface area contributed by atoms with Crippen molar-refractivity contribution in [2.75, 3.05) is 25.0 Å². The van der Waals surface area contributed by atoms with Gasteiger partial charge in [0.1, 0.15) is 20.5 Å². The lowest BCUT2D eigenvalue weighted by atomic mass is 10.2. The molecule has 7 nitrogen and oxygen atoms in total. The van der Waals surface area contributed by atoms with Gasteiger partial charge in [0.2, 0.25) is 10.0 Å². The fourth-order valence-corrected chi connectivity index (χ4v) is 6.27. The van der Waals surface area contributed by atoms with Gasteiger partial charge in [-0.3, -0.25) is 4.79 Å². The van der Waals surface area contributed by atoms with Gasteiger partial charge >= 0.3 is 0 Å². The van der Waals surface area contributed by atoms with Gasteiger partial charge in [0.15, 0.2) is 0 Å². The molecule has 9 heteroatoms. The molecule has 3 aromatic rings. The van der Waals surface area contributed by atoms with Gasteiger partial charge in [0.05, 0.1) is 12.3 Å². The molecule has 1 fully saturated rings. The summed E-state index contributed by atoms with van der Waals surface area (Å²) >= 11 is 1.31. The Morgan fingerprint density at radius 2 is 1.88 bits per heavy atom. The lowest BCUT2D eigenvalue weighted by molar-refractivity contribution is 0.102. The van der Waals surface area contributed by atoms with Crippen molar-refractivity contribution in [2.45, 2.75) is 31.6 Å². The summed E-state index contributed by atoms with van der Waals surface area (Å²) in [6, 6.07) is 14.4. The molecule has 1 N–H and O–H groups in total. The minimum absolute atomic E-state index is 0.0741. The summed E-state index contributed by atoms with van der Waals surface area (Å²) in [6.07, 6.45) is 1.68. The SMILES string of the molecule is CCOc1ccc(NC(=O)c2sc(-c3ccccc3)nc2C)cc1S(=O)(=O)N1CCCC1. The lowest BCUT2D eigenvalue weighted by Gasteiger charge is -2.19. The number of amides is 1. The van der Waals surface area contributed by atoms with E-state index in [4.69, 9.17) is 4.74 Å². The van der Waals surface area contributed by atoms with E-state index in [2.05, 4.69) is 10.3 Å². The third kappa shape index (κ3) is 4.55. The largest absolute Gasteiger partial charge is 0.492 e. The van der Waals surface area contributed by atoms with E-state index < -0.39 is 10.0 Å². The molecule has 4 rings (SSSR count). The molecule has 0 spiro atoms. The summed E-state index contributed by atoms with van der Waals surface area (Å²) in [5.41, 5.74) is 1.96. The monoisotopic (exact) mass is 471 g/mol. The van der Waals surface area contributed by atoms with E-state index in [1.165, 1.54) is 21.7 Å². The third-order valence-corrected chi connectivity index (χ3v) is 8.33. The van der Waals surface area contributed by atoms with Crippen LogP contribution in [0.1, 0.15) is 35.1 Å². The van der Waals surface area contributed by atoms with Crippen molar-refractivity contribution >= 4 is 33.0 Å². The average Bonchev–Trinajstić information content (AvgIpc) is 3.46.